The molecular formula is C11H19ClN4OS2. The number of rotatable bonds is 6. The average Bonchev–Trinajstić information content (AvgIpc) is 3.01. The van der Waals surface area contributed by atoms with E-state index in [0.29, 0.717) is 11.6 Å². The van der Waals surface area contributed by atoms with Gasteiger partial charge in [0.05, 0.1) is 0 Å². The molecule has 2 heterocycles. The summed E-state index contributed by atoms with van der Waals surface area (Å²) >= 11 is 3.16. The molecule has 0 spiro atoms. The number of hydrogen-bond acceptors (Lipinski definition) is 6. The zero-order valence-corrected chi connectivity index (χ0v) is 13.4. The van der Waals surface area contributed by atoms with E-state index >= 15 is 0 Å². The monoisotopic (exact) mass is 322 g/mol. The fourth-order valence-corrected chi connectivity index (χ4v) is 3.63. The Bertz CT molecular complexity index is 396. The van der Waals surface area contributed by atoms with Crippen molar-refractivity contribution in [1.82, 2.24) is 15.1 Å². The molecule has 2 rings (SSSR count). The largest absolute Gasteiger partial charge is 0.303 e. The smallest absolute Gasteiger partial charge is 0.225 e. The summed E-state index contributed by atoms with van der Waals surface area (Å²) in [6.07, 6.45) is 3.13. The summed E-state index contributed by atoms with van der Waals surface area (Å²) in [5, 5.41) is 11.4. The third-order valence-electron chi connectivity index (χ3n) is 2.81. The van der Waals surface area contributed by atoms with Gasteiger partial charge in [0.15, 0.2) is 4.34 Å². The molecule has 0 unspecified atom stereocenters. The lowest BCUT2D eigenvalue weighted by Gasteiger charge is -2.12. The van der Waals surface area contributed by atoms with E-state index in [1.165, 1.54) is 37.3 Å². The molecule has 19 heavy (non-hydrogen) atoms. The molecule has 0 atom stereocenters. The highest BCUT2D eigenvalue weighted by Gasteiger charge is 2.12. The zero-order valence-electron chi connectivity index (χ0n) is 10.9. The van der Waals surface area contributed by atoms with Gasteiger partial charge >= 0.3 is 0 Å². The summed E-state index contributed by atoms with van der Waals surface area (Å²) in [6, 6.07) is 0. The van der Waals surface area contributed by atoms with Crippen LogP contribution < -0.4 is 5.32 Å². The van der Waals surface area contributed by atoms with Crippen molar-refractivity contribution >= 4 is 46.5 Å². The van der Waals surface area contributed by atoms with Crippen molar-refractivity contribution in [2.45, 2.75) is 30.5 Å². The Hall–Kier alpha value is -0.370. The van der Waals surface area contributed by atoms with Crippen LogP contribution in [0.1, 0.15) is 26.2 Å². The normalized spacial score (nSPS) is 15.2. The van der Waals surface area contributed by atoms with E-state index in [4.69, 9.17) is 0 Å². The predicted octanol–water partition coefficient (Wildman–Crippen LogP) is 2.50. The summed E-state index contributed by atoms with van der Waals surface area (Å²) in [7, 11) is 0. The van der Waals surface area contributed by atoms with Crippen LogP contribution in [0.25, 0.3) is 0 Å². The Labute approximate surface area is 128 Å². The van der Waals surface area contributed by atoms with Gasteiger partial charge in [0.1, 0.15) is 0 Å². The number of carbonyl (C=O) groups excluding carboxylic acids is 1. The minimum absolute atomic E-state index is 0. The summed E-state index contributed by atoms with van der Waals surface area (Å²) in [4.78, 5) is 13.7. The van der Waals surface area contributed by atoms with Gasteiger partial charge in [-0.1, -0.05) is 30.0 Å². The molecule has 0 radical (unpaired) electrons. The zero-order chi connectivity index (χ0) is 12.8. The number of aromatic nitrogens is 2. The quantitative estimate of drug-likeness (QED) is 0.644. The molecule has 1 aliphatic rings. The lowest BCUT2D eigenvalue weighted by Crippen LogP contribution is -2.21. The van der Waals surface area contributed by atoms with Crippen molar-refractivity contribution in [3.05, 3.63) is 0 Å². The topological polar surface area (TPSA) is 58.1 Å². The number of halogens is 1. The number of thioether (sulfide) groups is 1. The van der Waals surface area contributed by atoms with E-state index in [1.807, 2.05) is 6.92 Å². The second kappa shape index (κ2) is 8.73. The van der Waals surface area contributed by atoms with Crippen LogP contribution in [-0.4, -0.2) is 46.4 Å². The first-order valence-corrected chi connectivity index (χ1v) is 8.06. The van der Waals surface area contributed by atoms with E-state index < -0.39 is 0 Å². The second-order valence-corrected chi connectivity index (χ2v) is 6.49. The van der Waals surface area contributed by atoms with Crippen LogP contribution >= 0.6 is 35.5 Å². The standard InChI is InChI=1S/C11H18N4OS2.ClH/c1-2-9(16)12-10-13-14-11(18-10)17-8-7-15-5-3-4-6-15;/h2-8H2,1H3,(H,12,13,16);1H. The van der Waals surface area contributed by atoms with Crippen LogP contribution in [0.15, 0.2) is 4.34 Å². The maximum Gasteiger partial charge on any atom is 0.225 e. The van der Waals surface area contributed by atoms with Gasteiger partial charge in [0.2, 0.25) is 11.0 Å². The molecule has 0 bridgehead atoms. The Kier molecular flexibility index (Phi) is 7.67. The number of nitrogens with zero attached hydrogens (tertiary/aromatic N) is 3. The fourth-order valence-electron chi connectivity index (χ4n) is 1.79. The SMILES string of the molecule is CCC(=O)Nc1nnc(SCCN2CCCC2)s1.Cl. The minimum atomic E-state index is -0.0141. The number of nitrogens with one attached hydrogen (secondary N) is 1. The first-order valence-electron chi connectivity index (χ1n) is 6.26. The van der Waals surface area contributed by atoms with Gasteiger partial charge in [0.25, 0.3) is 0 Å². The number of hydrogen-bond donors (Lipinski definition) is 1. The molecule has 8 heteroatoms. The molecule has 1 fully saturated rings. The molecule has 1 amide bonds. The van der Waals surface area contributed by atoms with Crippen molar-refractivity contribution in [2.75, 3.05) is 30.7 Å². The maximum atomic E-state index is 11.2. The first-order chi connectivity index (χ1) is 8.78. The average molecular weight is 323 g/mol. The summed E-state index contributed by atoms with van der Waals surface area (Å²) in [5.41, 5.74) is 0. The van der Waals surface area contributed by atoms with Crippen LogP contribution in [-0.2, 0) is 4.79 Å². The van der Waals surface area contributed by atoms with Crippen LogP contribution in [0.5, 0.6) is 0 Å². The second-order valence-electron chi connectivity index (χ2n) is 4.17. The van der Waals surface area contributed by atoms with Crippen LogP contribution in [0, 0.1) is 0 Å². The van der Waals surface area contributed by atoms with E-state index in [-0.39, 0.29) is 18.3 Å². The van der Waals surface area contributed by atoms with Gasteiger partial charge in [-0.3, -0.25) is 4.79 Å². The molecule has 1 saturated heterocycles. The lowest BCUT2D eigenvalue weighted by molar-refractivity contribution is -0.115. The van der Waals surface area contributed by atoms with Gasteiger partial charge < -0.3 is 10.2 Å². The highest BCUT2D eigenvalue weighted by Crippen LogP contribution is 2.25. The molecule has 0 aromatic carbocycles. The fraction of sp³-hybridized carbons (Fsp3) is 0.727. The third-order valence-corrected chi connectivity index (χ3v) is 4.76. The van der Waals surface area contributed by atoms with E-state index in [2.05, 4.69) is 20.4 Å². The molecule has 0 aliphatic carbocycles. The van der Waals surface area contributed by atoms with Gasteiger partial charge in [-0.2, -0.15) is 0 Å². The van der Waals surface area contributed by atoms with Crippen molar-refractivity contribution in [3.63, 3.8) is 0 Å². The van der Waals surface area contributed by atoms with Gasteiger partial charge in [-0.05, 0) is 25.9 Å². The highest BCUT2D eigenvalue weighted by molar-refractivity contribution is 8.01. The molecule has 0 saturated carbocycles. The Balaban J connectivity index is 0.00000180. The molecule has 1 aromatic rings. The number of carbonyl (C=O) groups is 1. The van der Waals surface area contributed by atoms with Crippen LogP contribution in [0.4, 0.5) is 5.13 Å². The molecule has 1 aromatic heterocycles. The maximum absolute atomic E-state index is 11.2. The molecule has 1 N–H and O–H groups in total. The van der Waals surface area contributed by atoms with Crippen molar-refractivity contribution < 1.29 is 4.79 Å². The number of amides is 1. The highest BCUT2D eigenvalue weighted by atomic mass is 35.5. The molecule has 5 nitrogen and oxygen atoms in total. The number of likely N-dealkylation sites (tertiary alicyclic amines) is 1. The van der Waals surface area contributed by atoms with Crippen molar-refractivity contribution in [1.29, 1.82) is 0 Å². The van der Waals surface area contributed by atoms with Crippen LogP contribution in [0.3, 0.4) is 0 Å². The summed E-state index contributed by atoms with van der Waals surface area (Å²) < 4.78 is 0.931. The molecular weight excluding hydrogens is 304 g/mol. The number of anilines is 1. The van der Waals surface area contributed by atoms with Crippen molar-refractivity contribution in [2.24, 2.45) is 0 Å². The minimum Gasteiger partial charge on any atom is -0.303 e. The molecule has 1 aliphatic heterocycles. The van der Waals surface area contributed by atoms with Gasteiger partial charge in [-0.25, -0.2) is 0 Å². The van der Waals surface area contributed by atoms with E-state index in [9.17, 15) is 4.79 Å². The van der Waals surface area contributed by atoms with Gasteiger partial charge in [0, 0.05) is 18.7 Å². The van der Waals surface area contributed by atoms with Crippen molar-refractivity contribution in [3.8, 4) is 0 Å². The third kappa shape index (κ3) is 5.64. The first kappa shape index (κ1) is 16.7. The molecule has 108 valence electrons. The lowest BCUT2D eigenvalue weighted by atomic mass is 10.4. The van der Waals surface area contributed by atoms with Gasteiger partial charge in [-0.15, -0.1) is 22.6 Å². The Morgan fingerprint density at radius 2 is 2.16 bits per heavy atom. The Morgan fingerprint density at radius 1 is 1.42 bits per heavy atom. The summed E-state index contributed by atoms with van der Waals surface area (Å²) in [6.45, 7) is 5.39. The summed E-state index contributed by atoms with van der Waals surface area (Å²) in [5.74, 6) is 1.02. The Morgan fingerprint density at radius 3 is 2.84 bits per heavy atom. The van der Waals surface area contributed by atoms with E-state index in [0.717, 1.165) is 16.6 Å². The van der Waals surface area contributed by atoms with Crippen LogP contribution in [0.2, 0.25) is 0 Å². The predicted molar refractivity (Wildman–Crippen MR) is 82.5 cm³/mol. The van der Waals surface area contributed by atoms with E-state index in [1.54, 1.807) is 11.8 Å².